The molecule has 0 aromatic heterocycles. The van der Waals surface area contributed by atoms with Crippen molar-refractivity contribution >= 4 is 23.1 Å². The van der Waals surface area contributed by atoms with E-state index in [1.807, 2.05) is 12.3 Å². The van der Waals surface area contributed by atoms with Gasteiger partial charge in [0.15, 0.2) is 0 Å². The summed E-state index contributed by atoms with van der Waals surface area (Å²) in [6, 6.07) is 6.05. The Labute approximate surface area is 115 Å². The minimum atomic E-state index is -0.957. The molecule has 0 bridgehead atoms. The van der Waals surface area contributed by atoms with E-state index in [1.54, 1.807) is 6.92 Å². The summed E-state index contributed by atoms with van der Waals surface area (Å²) in [4.78, 5) is 10.4. The van der Waals surface area contributed by atoms with Gasteiger partial charge in [0, 0.05) is 18.4 Å². The van der Waals surface area contributed by atoms with Crippen molar-refractivity contribution in [1.82, 2.24) is 0 Å². The molecule has 0 radical (unpaired) electrons. The Bertz CT molecular complexity index is 511. The molecule has 0 saturated heterocycles. The second-order valence-electron chi connectivity index (χ2n) is 4.38. The molecule has 1 aromatic rings. The summed E-state index contributed by atoms with van der Waals surface area (Å²) < 4.78 is 0. The summed E-state index contributed by atoms with van der Waals surface area (Å²) in [7, 11) is 0. The van der Waals surface area contributed by atoms with Crippen molar-refractivity contribution in [2.75, 3.05) is 23.9 Å². The standard InChI is InChI=1S/C12H15N3O3S/c1-12(16,8-19-2)7-14-10-4-3-9(6-13)5-11(10)15(17)18/h3-5,14,16H,7-8H2,1-2H3. The van der Waals surface area contributed by atoms with Crippen LogP contribution in [0.3, 0.4) is 0 Å². The van der Waals surface area contributed by atoms with E-state index in [9.17, 15) is 15.2 Å². The van der Waals surface area contributed by atoms with E-state index < -0.39 is 10.5 Å². The van der Waals surface area contributed by atoms with Crippen LogP contribution in [0.2, 0.25) is 0 Å². The van der Waals surface area contributed by atoms with Crippen molar-refractivity contribution in [2.24, 2.45) is 0 Å². The molecule has 1 atom stereocenters. The third-order valence-corrected chi connectivity index (χ3v) is 3.35. The summed E-state index contributed by atoms with van der Waals surface area (Å²) in [6.07, 6.45) is 1.87. The number of nitro groups is 1. The molecule has 1 unspecified atom stereocenters. The first-order valence-electron chi connectivity index (χ1n) is 5.53. The zero-order chi connectivity index (χ0) is 14.5. The van der Waals surface area contributed by atoms with Gasteiger partial charge in [0.05, 0.1) is 22.2 Å². The van der Waals surface area contributed by atoms with Gasteiger partial charge in [-0.05, 0) is 25.3 Å². The molecule has 0 amide bonds. The fourth-order valence-electron chi connectivity index (χ4n) is 1.55. The lowest BCUT2D eigenvalue weighted by atomic mass is 10.1. The summed E-state index contributed by atoms with van der Waals surface area (Å²) in [5.41, 5.74) is -0.598. The van der Waals surface area contributed by atoms with Gasteiger partial charge < -0.3 is 10.4 Å². The smallest absolute Gasteiger partial charge is 0.293 e. The number of hydrogen-bond acceptors (Lipinski definition) is 6. The molecule has 0 heterocycles. The van der Waals surface area contributed by atoms with E-state index >= 15 is 0 Å². The maximum atomic E-state index is 10.9. The van der Waals surface area contributed by atoms with Crippen LogP contribution in [-0.4, -0.2) is 34.2 Å². The largest absolute Gasteiger partial charge is 0.387 e. The van der Waals surface area contributed by atoms with Crippen LogP contribution < -0.4 is 5.32 Å². The number of thioether (sulfide) groups is 1. The highest BCUT2D eigenvalue weighted by Crippen LogP contribution is 2.26. The number of rotatable bonds is 6. The number of nitrogens with one attached hydrogen (secondary N) is 1. The zero-order valence-corrected chi connectivity index (χ0v) is 11.5. The topological polar surface area (TPSA) is 99.2 Å². The highest BCUT2D eigenvalue weighted by atomic mass is 32.2. The van der Waals surface area contributed by atoms with Gasteiger partial charge in [-0.1, -0.05) is 0 Å². The monoisotopic (exact) mass is 281 g/mol. The number of nitro benzene ring substituents is 1. The Morgan fingerprint density at radius 1 is 1.63 bits per heavy atom. The molecular weight excluding hydrogens is 266 g/mol. The first-order valence-corrected chi connectivity index (χ1v) is 6.93. The van der Waals surface area contributed by atoms with E-state index in [-0.39, 0.29) is 17.8 Å². The normalized spacial score (nSPS) is 13.4. The molecule has 0 spiro atoms. The van der Waals surface area contributed by atoms with Crippen molar-refractivity contribution in [1.29, 1.82) is 5.26 Å². The van der Waals surface area contributed by atoms with Crippen molar-refractivity contribution in [3.8, 4) is 6.07 Å². The second kappa shape index (κ2) is 6.41. The summed E-state index contributed by atoms with van der Waals surface area (Å²) in [5.74, 6) is 0.518. The second-order valence-corrected chi connectivity index (χ2v) is 5.25. The highest BCUT2D eigenvalue weighted by Gasteiger charge is 2.22. The molecule has 19 heavy (non-hydrogen) atoms. The van der Waals surface area contributed by atoms with Gasteiger partial charge in [-0.15, -0.1) is 0 Å². The summed E-state index contributed by atoms with van der Waals surface area (Å²) in [5, 5.41) is 32.5. The van der Waals surface area contributed by atoms with Crippen LogP contribution in [0, 0.1) is 21.4 Å². The van der Waals surface area contributed by atoms with Crippen LogP contribution in [-0.2, 0) is 0 Å². The molecule has 2 N–H and O–H groups in total. The average molecular weight is 281 g/mol. The van der Waals surface area contributed by atoms with Gasteiger partial charge >= 0.3 is 0 Å². The zero-order valence-electron chi connectivity index (χ0n) is 10.7. The molecule has 0 aliphatic heterocycles. The molecule has 0 aliphatic rings. The van der Waals surface area contributed by atoms with E-state index in [1.165, 1.54) is 30.0 Å². The maximum Gasteiger partial charge on any atom is 0.293 e. The fraction of sp³-hybridized carbons (Fsp3) is 0.417. The number of benzene rings is 1. The molecular formula is C12H15N3O3S. The molecule has 1 aromatic carbocycles. The van der Waals surface area contributed by atoms with Gasteiger partial charge in [-0.25, -0.2) is 0 Å². The van der Waals surface area contributed by atoms with Gasteiger partial charge in [0.2, 0.25) is 0 Å². The molecule has 6 nitrogen and oxygen atoms in total. The van der Waals surface area contributed by atoms with Crippen LogP contribution in [0.1, 0.15) is 12.5 Å². The van der Waals surface area contributed by atoms with Crippen LogP contribution in [0.15, 0.2) is 18.2 Å². The number of anilines is 1. The Morgan fingerprint density at radius 3 is 2.84 bits per heavy atom. The SMILES string of the molecule is CSCC(C)(O)CNc1ccc(C#N)cc1[N+](=O)[O-]. The average Bonchev–Trinajstić information content (AvgIpc) is 2.36. The van der Waals surface area contributed by atoms with Gasteiger partial charge in [-0.3, -0.25) is 10.1 Å². The van der Waals surface area contributed by atoms with E-state index in [2.05, 4.69) is 5.32 Å². The molecule has 0 saturated carbocycles. The van der Waals surface area contributed by atoms with E-state index in [0.29, 0.717) is 11.4 Å². The fourth-order valence-corrected chi connectivity index (χ4v) is 2.27. The van der Waals surface area contributed by atoms with Crippen molar-refractivity contribution in [3.63, 3.8) is 0 Å². The van der Waals surface area contributed by atoms with Gasteiger partial charge in [-0.2, -0.15) is 17.0 Å². The highest BCUT2D eigenvalue weighted by molar-refractivity contribution is 7.98. The minimum Gasteiger partial charge on any atom is -0.387 e. The minimum absolute atomic E-state index is 0.168. The number of nitrogens with zero attached hydrogens (tertiary/aromatic N) is 2. The maximum absolute atomic E-state index is 10.9. The third kappa shape index (κ3) is 4.43. The first kappa shape index (κ1) is 15.3. The number of hydrogen-bond donors (Lipinski definition) is 2. The lowest BCUT2D eigenvalue weighted by Gasteiger charge is -2.23. The predicted molar refractivity (Wildman–Crippen MR) is 75.3 cm³/mol. The quantitative estimate of drug-likeness (QED) is 0.611. The molecule has 0 aliphatic carbocycles. The van der Waals surface area contributed by atoms with Crippen molar-refractivity contribution < 1.29 is 10.0 Å². The Balaban J connectivity index is 2.90. The Hall–Kier alpha value is -1.78. The predicted octanol–water partition coefficient (Wildman–Crippen LogP) is 1.99. The van der Waals surface area contributed by atoms with Crippen LogP contribution in [0.25, 0.3) is 0 Å². The molecule has 7 heteroatoms. The Kier molecular flexibility index (Phi) is 5.15. The van der Waals surface area contributed by atoms with Gasteiger partial charge in [0.25, 0.3) is 5.69 Å². The Morgan fingerprint density at radius 2 is 2.32 bits per heavy atom. The third-order valence-electron chi connectivity index (χ3n) is 2.44. The number of nitriles is 1. The van der Waals surface area contributed by atoms with Crippen molar-refractivity contribution in [2.45, 2.75) is 12.5 Å². The van der Waals surface area contributed by atoms with Crippen LogP contribution >= 0.6 is 11.8 Å². The lowest BCUT2D eigenvalue weighted by molar-refractivity contribution is -0.384. The summed E-state index contributed by atoms with van der Waals surface area (Å²) >= 11 is 1.49. The molecule has 0 fully saturated rings. The lowest BCUT2D eigenvalue weighted by Crippen LogP contribution is -2.36. The van der Waals surface area contributed by atoms with E-state index in [4.69, 9.17) is 5.26 Å². The van der Waals surface area contributed by atoms with Crippen LogP contribution in [0.4, 0.5) is 11.4 Å². The molecule has 102 valence electrons. The van der Waals surface area contributed by atoms with Crippen LogP contribution in [0.5, 0.6) is 0 Å². The summed E-state index contributed by atoms with van der Waals surface area (Å²) in [6.45, 7) is 1.85. The van der Waals surface area contributed by atoms with Gasteiger partial charge in [0.1, 0.15) is 5.69 Å². The number of aliphatic hydroxyl groups is 1. The van der Waals surface area contributed by atoms with E-state index in [0.717, 1.165) is 0 Å². The van der Waals surface area contributed by atoms with Crippen molar-refractivity contribution in [3.05, 3.63) is 33.9 Å². The first-order chi connectivity index (χ1) is 8.89. The molecule has 1 rings (SSSR count).